The molecule has 68 valence electrons. The van der Waals surface area contributed by atoms with Crippen LogP contribution in [0, 0.1) is 5.92 Å². The van der Waals surface area contributed by atoms with Crippen LogP contribution in [-0.2, 0) is 0 Å². The van der Waals surface area contributed by atoms with Gasteiger partial charge in [-0.25, -0.2) is 0 Å². The third kappa shape index (κ3) is 2.49. The Kier molecular flexibility index (Phi) is 4.09. The highest BCUT2D eigenvalue weighted by atomic mass is 14.9. The minimum Gasteiger partial charge on any atom is -0.316 e. The van der Waals surface area contributed by atoms with Gasteiger partial charge in [0.05, 0.1) is 0 Å². The summed E-state index contributed by atoms with van der Waals surface area (Å²) in [6.07, 6.45) is 9.19. The van der Waals surface area contributed by atoms with Crippen molar-refractivity contribution in [3.05, 3.63) is 23.8 Å². The molecule has 0 bridgehead atoms. The largest absolute Gasteiger partial charge is 0.316 e. The molecule has 0 radical (unpaired) electrons. The second-order valence-corrected chi connectivity index (χ2v) is 3.30. The van der Waals surface area contributed by atoms with Gasteiger partial charge in [-0.05, 0) is 37.8 Å². The molecule has 12 heavy (non-hydrogen) atoms. The Morgan fingerprint density at radius 2 is 2.42 bits per heavy atom. The second kappa shape index (κ2) is 5.15. The fourth-order valence-corrected chi connectivity index (χ4v) is 1.74. The normalized spacial score (nSPS) is 25.5. The van der Waals surface area contributed by atoms with E-state index in [0.29, 0.717) is 0 Å². The average Bonchev–Trinajstić information content (AvgIpc) is 2.56. The van der Waals surface area contributed by atoms with Gasteiger partial charge in [0.2, 0.25) is 0 Å². The Morgan fingerprint density at radius 1 is 1.58 bits per heavy atom. The molecular weight excluding hydrogens is 146 g/mol. The van der Waals surface area contributed by atoms with Gasteiger partial charge >= 0.3 is 0 Å². The Morgan fingerprint density at radius 3 is 2.92 bits per heavy atom. The highest BCUT2D eigenvalue weighted by Gasteiger charge is 2.16. The summed E-state index contributed by atoms with van der Waals surface area (Å²) in [5, 5.41) is 3.39. The van der Waals surface area contributed by atoms with Gasteiger partial charge in [-0.3, -0.25) is 0 Å². The van der Waals surface area contributed by atoms with Gasteiger partial charge in [-0.2, -0.15) is 0 Å². The predicted octanol–water partition coefficient (Wildman–Crippen LogP) is 2.51. The maximum Gasteiger partial charge on any atom is 0.00205 e. The van der Waals surface area contributed by atoms with Crippen molar-refractivity contribution in [3.63, 3.8) is 0 Å². The Balaban J connectivity index is 2.57. The second-order valence-electron chi connectivity index (χ2n) is 3.30. The Hall–Kier alpha value is -0.560. The van der Waals surface area contributed by atoms with E-state index in [9.17, 15) is 0 Å². The molecule has 1 rings (SSSR count). The smallest absolute Gasteiger partial charge is 0.00205 e. The lowest BCUT2D eigenvalue weighted by Gasteiger charge is -2.09. The lowest BCUT2D eigenvalue weighted by Crippen LogP contribution is -2.09. The number of allylic oxidation sites excluding steroid dienone is 3. The molecule has 1 saturated heterocycles. The highest BCUT2D eigenvalue weighted by Crippen LogP contribution is 2.19. The fourth-order valence-electron chi connectivity index (χ4n) is 1.74. The summed E-state index contributed by atoms with van der Waals surface area (Å²) in [4.78, 5) is 0. The molecule has 0 aromatic heterocycles. The lowest BCUT2D eigenvalue weighted by atomic mass is 9.97. The molecule has 1 heterocycles. The monoisotopic (exact) mass is 165 g/mol. The molecule has 0 spiro atoms. The lowest BCUT2D eigenvalue weighted by molar-refractivity contribution is 0.694. The van der Waals surface area contributed by atoms with E-state index in [1.807, 2.05) is 0 Å². The number of nitrogens with one attached hydrogen (secondary N) is 1. The number of hydrogen-bond acceptors (Lipinski definition) is 1. The van der Waals surface area contributed by atoms with Crippen molar-refractivity contribution in [1.82, 2.24) is 5.32 Å². The molecule has 1 nitrogen and oxygen atoms in total. The van der Waals surface area contributed by atoms with Crippen molar-refractivity contribution in [1.29, 1.82) is 0 Å². The summed E-state index contributed by atoms with van der Waals surface area (Å²) in [5.74, 6) is 0.765. The average molecular weight is 165 g/mol. The van der Waals surface area contributed by atoms with Gasteiger partial charge < -0.3 is 5.32 Å². The van der Waals surface area contributed by atoms with Crippen molar-refractivity contribution in [2.24, 2.45) is 5.92 Å². The minimum atomic E-state index is 0.765. The molecule has 0 aromatic carbocycles. The Bertz CT molecular complexity index is 173. The van der Waals surface area contributed by atoms with E-state index < -0.39 is 0 Å². The van der Waals surface area contributed by atoms with Gasteiger partial charge in [0.15, 0.2) is 0 Å². The zero-order chi connectivity index (χ0) is 8.81. The molecule has 1 fully saturated rings. The van der Waals surface area contributed by atoms with E-state index in [-0.39, 0.29) is 0 Å². The minimum absolute atomic E-state index is 0.765. The topological polar surface area (TPSA) is 12.0 Å². The molecule has 1 heteroatoms. The van der Waals surface area contributed by atoms with Gasteiger partial charge in [0.1, 0.15) is 0 Å². The maximum absolute atomic E-state index is 3.39. The first-order chi connectivity index (χ1) is 5.88. The first-order valence-corrected chi connectivity index (χ1v) is 4.92. The number of rotatable bonds is 3. The molecule has 1 N–H and O–H groups in total. The zero-order valence-corrected chi connectivity index (χ0v) is 8.14. The molecule has 1 atom stereocenters. The van der Waals surface area contributed by atoms with Crippen LogP contribution in [0.15, 0.2) is 23.8 Å². The van der Waals surface area contributed by atoms with Crippen molar-refractivity contribution in [2.45, 2.75) is 26.7 Å². The van der Waals surface area contributed by atoms with Crippen LogP contribution >= 0.6 is 0 Å². The summed E-state index contributed by atoms with van der Waals surface area (Å²) in [5.41, 5.74) is 1.52. The number of hydrogen-bond donors (Lipinski definition) is 1. The van der Waals surface area contributed by atoms with E-state index in [0.717, 1.165) is 18.9 Å². The van der Waals surface area contributed by atoms with Crippen LogP contribution in [0.5, 0.6) is 0 Å². The molecule has 0 saturated carbocycles. The van der Waals surface area contributed by atoms with E-state index in [4.69, 9.17) is 0 Å². The van der Waals surface area contributed by atoms with E-state index in [1.165, 1.54) is 18.5 Å². The van der Waals surface area contributed by atoms with Gasteiger partial charge in [0.25, 0.3) is 0 Å². The van der Waals surface area contributed by atoms with Crippen molar-refractivity contribution >= 4 is 0 Å². The van der Waals surface area contributed by atoms with Gasteiger partial charge in [-0.1, -0.05) is 25.2 Å². The van der Waals surface area contributed by atoms with Crippen LogP contribution in [-0.4, -0.2) is 13.1 Å². The van der Waals surface area contributed by atoms with Crippen LogP contribution in [0.25, 0.3) is 0 Å². The molecule has 0 aromatic rings. The molecule has 0 aliphatic carbocycles. The zero-order valence-electron chi connectivity index (χ0n) is 8.14. The maximum atomic E-state index is 3.39. The van der Waals surface area contributed by atoms with Crippen molar-refractivity contribution in [3.8, 4) is 0 Å². The summed E-state index contributed by atoms with van der Waals surface area (Å²) in [6.45, 7) is 6.64. The predicted molar refractivity (Wildman–Crippen MR) is 54.2 cm³/mol. The Labute approximate surface area is 75.6 Å². The molecule has 1 aliphatic rings. The third-order valence-corrected chi connectivity index (χ3v) is 2.33. The van der Waals surface area contributed by atoms with Crippen LogP contribution in [0.2, 0.25) is 0 Å². The van der Waals surface area contributed by atoms with E-state index >= 15 is 0 Å². The SMILES string of the molecule is C/C=C\C(=C/CC)C1CCNC1. The van der Waals surface area contributed by atoms with Crippen LogP contribution in [0.3, 0.4) is 0 Å². The molecule has 1 aliphatic heterocycles. The molecule has 0 amide bonds. The first-order valence-electron chi connectivity index (χ1n) is 4.92. The third-order valence-electron chi connectivity index (χ3n) is 2.33. The standard InChI is InChI=1S/C11H19N/c1-3-5-10(6-4-2)11-7-8-12-9-11/h3,5-6,11-12H,4,7-9H2,1-2H3/b5-3-,10-6+. The van der Waals surface area contributed by atoms with E-state index in [1.54, 1.807) is 0 Å². The van der Waals surface area contributed by atoms with Crippen LogP contribution < -0.4 is 5.32 Å². The van der Waals surface area contributed by atoms with Crippen molar-refractivity contribution < 1.29 is 0 Å². The highest BCUT2D eigenvalue weighted by molar-refractivity contribution is 5.22. The summed E-state index contributed by atoms with van der Waals surface area (Å²) < 4.78 is 0. The van der Waals surface area contributed by atoms with Crippen LogP contribution in [0.1, 0.15) is 26.7 Å². The summed E-state index contributed by atoms with van der Waals surface area (Å²) in [6, 6.07) is 0. The molecule has 1 unspecified atom stereocenters. The quantitative estimate of drug-likeness (QED) is 0.634. The van der Waals surface area contributed by atoms with Crippen molar-refractivity contribution in [2.75, 3.05) is 13.1 Å². The van der Waals surface area contributed by atoms with Crippen LogP contribution in [0.4, 0.5) is 0 Å². The molecular formula is C11H19N. The van der Waals surface area contributed by atoms with E-state index in [2.05, 4.69) is 37.4 Å². The van der Waals surface area contributed by atoms with Gasteiger partial charge in [0, 0.05) is 6.54 Å². The summed E-state index contributed by atoms with van der Waals surface area (Å²) >= 11 is 0. The van der Waals surface area contributed by atoms with Gasteiger partial charge in [-0.15, -0.1) is 0 Å². The summed E-state index contributed by atoms with van der Waals surface area (Å²) in [7, 11) is 0. The first kappa shape index (κ1) is 9.53. The fraction of sp³-hybridized carbons (Fsp3) is 0.636.